The number of hydrogen-bond donors (Lipinski definition) is 0. The fraction of sp³-hybridized carbons (Fsp3) is 0.0308. The van der Waals surface area contributed by atoms with Crippen LogP contribution in [0.4, 0.5) is 0 Å². The Kier molecular flexibility index (Phi) is 9.27. The van der Waals surface area contributed by atoms with Gasteiger partial charge in [-0.05, 0) is 76.2 Å². The summed E-state index contributed by atoms with van der Waals surface area (Å²) in [6.45, 7) is 0. The Morgan fingerprint density at radius 1 is 0.329 bits per heavy atom. The number of aromatic nitrogens is 5. The van der Waals surface area contributed by atoms with E-state index in [2.05, 4.69) is 234 Å². The minimum Gasteiger partial charge on any atom is -0.312 e. The van der Waals surface area contributed by atoms with Crippen molar-refractivity contribution < 1.29 is 0 Å². The highest BCUT2D eigenvalue weighted by atomic mass is 15.0. The predicted octanol–water partition coefficient (Wildman–Crippen LogP) is 16.5. The SMILES string of the molecule is C1=Cc2c(n(-c3ccc4c(c3)c3ccc5ccccc5c3n4-c3cccc(-c4nc(-c5ccc(-c6ccccc6)cc5)nc(-c5ccc(-c6ccccc6)cc5)n4)c3)c3c2ccc2ccccc23)CC1. The highest BCUT2D eigenvalue weighted by Gasteiger charge is 2.23. The van der Waals surface area contributed by atoms with Crippen LogP contribution in [0.25, 0.3) is 128 Å². The minimum absolute atomic E-state index is 0.611. The summed E-state index contributed by atoms with van der Waals surface area (Å²) in [6.07, 6.45) is 6.67. The molecule has 0 bridgehead atoms. The van der Waals surface area contributed by atoms with Gasteiger partial charge in [0.05, 0.1) is 16.6 Å². The molecule has 0 saturated heterocycles. The van der Waals surface area contributed by atoms with Crippen molar-refractivity contribution in [3.63, 3.8) is 0 Å². The van der Waals surface area contributed by atoms with Gasteiger partial charge in [-0.15, -0.1) is 0 Å². The van der Waals surface area contributed by atoms with E-state index in [-0.39, 0.29) is 0 Å². The summed E-state index contributed by atoms with van der Waals surface area (Å²) in [5, 5.41) is 8.62. The van der Waals surface area contributed by atoms with E-state index < -0.39 is 0 Å². The van der Waals surface area contributed by atoms with Gasteiger partial charge in [0.15, 0.2) is 17.5 Å². The Labute approximate surface area is 405 Å². The van der Waals surface area contributed by atoms with E-state index in [4.69, 9.17) is 15.0 Å². The van der Waals surface area contributed by atoms with E-state index in [1.807, 2.05) is 12.1 Å². The summed E-state index contributed by atoms with van der Waals surface area (Å²) in [5.41, 5.74) is 15.8. The Morgan fingerprint density at radius 2 is 0.829 bits per heavy atom. The number of rotatable bonds is 7. The lowest BCUT2D eigenvalue weighted by atomic mass is 10.0. The number of nitrogens with zero attached hydrogens (tertiary/aromatic N) is 5. The Balaban J connectivity index is 0.948. The molecule has 5 nitrogen and oxygen atoms in total. The lowest BCUT2D eigenvalue weighted by Gasteiger charge is -2.15. The van der Waals surface area contributed by atoms with E-state index in [1.54, 1.807) is 0 Å². The zero-order chi connectivity index (χ0) is 46.1. The second-order valence-corrected chi connectivity index (χ2v) is 18.3. The number of allylic oxidation sites excluding steroid dienone is 1. The van der Waals surface area contributed by atoms with Gasteiger partial charge in [-0.2, -0.15) is 0 Å². The average Bonchev–Trinajstić information content (AvgIpc) is 3.97. The molecule has 0 amide bonds. The molecule has 1 aliphatic rings. The summed E-state index contributed by atoms with van der Waals surface area (Å²) in [4.78, 5) is 15.6. The van der Waals surface area contributed by atoms with Crippen LogP contribution in [0.15, 0.2) is 231 Å². The molecule has 0 unspecified atom stereocenters. The third-order valence-corrected chi connectivity index (χ3v) is 14.2. The van der Waals surface area contributed by atoms with Gasteiger partial charge in [0.25, 0.3) is 0 Å². The standard InChI is InChI=1S/C65H43N5/c1-3-14-42(15-4-1)44-26-30-48(31-27-44)63-66-64(49-32-28-45(29-33-49)43-16-5-2-6-17-43)68-65(67-63)50-20-13-21-51(40-50)69-60-39-36-52(41-58(60)57-38-35-47-19-8-10-23-54(47)62(57)69)70-59-25-12-11-24-55(59)56-37-34-46-18-7-9-22-53(46)61(56)70/h1-11,13-24,26-41H,12,25H2. The van der Waals surface area contributed by atoms with Crippen LogP contribution in [0, 0.1) is 0 Å². The number of benzene rings is 10. The first-order valence-electron chi connectivity index (χ1n) is 24.1. The third kappa shape index (κ3) is 6.58. The number of hydrogen-bond acceptors (Lipinski definition) is 3. The van der Waals surface area contributed by atoms with E-state index in [0.29, 0.717) is 17.5 Å². The molecule has 0 spiro atoms. The summed E-state index contributed by atoms with van der Waals surface area (Å²) >= 11 is 0. The van der Waals surface area contributed by atoms with Crippen molar-refractivity contribution in [2.75, 3.05) is 0 Å². The lowest BCUT2D eigenvalue weighted by molar-refractivity contribution is 0.890. The van der Waals surface area contributed by atoms with E-state index in [9.17, 15) is 0 Å². The molecule has 10 aromatic carbocycles. The molecule has 328 valence electrons. The molecule has 0 aliphatic heterocycles. The second kappa shape index (κ2) is 16.3. The highest BCUT2D eigenvalue weighted by molar-refractivity contribution is 6.19. The largest absolute Gasteiger partial charge is 0.312 e. The van der Waals surface area contributed by atoms with Crippen molar-refractivity contribution in [2.45, 2.75) is 12.8 Å². The van der Waals surface area contributed by atoms with Crippen molar-refractivity contribution in [3.05, 3.63) is 242 Å². The average molecular weight is 894 g/mol. The fourth-order valence-corrected chi connectivity index (χ4v) is 10.9. The fourth-order valence-electron chi connectivity index (χ4n) is 10.9. The van der Waals surface area contributed by atoms with Crippen LogP contribution in [0.5, 0.6) is 0 Å². The third-order valence-electron chi connectivity index (χ3n) is 14.2. The Morgan fingerprint density at radius 3 is 1.46 bits per heavy atom. The predicted molar refractivity (Wildman–Crippen MR) is 291 cm³/mol. The van der Waals surface area contributed by atoms with Crippen LogP contribution in [0.1, 0.15) is 17.7 Å². The first-order valence-corrected chi connectivity index (χ1v) is 24.1. The van der Waals surface area contributed by atoms with Crippen LogP contribution in [0.3, 0.4) is 0 Å². The molecule has 0 saturated carbocycles. The first-order chi connectivity index (χ1) is 34.7. The quantitative estimate of drug-likeness (QED) is 0.160. The van der Waals surface area contributed by atoms with Crippen molar-refractivity contribution >= 4 is 60.3 Å². The van der Waals surface area contributed by atoms with Gasteiger partial charge in [-0.25, -0.2) is 15.0 Å². The van der Waals surface area contributed by atoms with Crippen molar-refractivity contribution in [2.24, 2.45) is 0 Å². The van der Waals surface area contributed by atoms with Gasteiger partial charge in [0.2, 0.25) is 0 Å². The van der Waals surface area contributed by atoms with Crippen LogP contribution in [-0.4, -0.2) is 24.1 Å². The Bertz CT molecular complexity index is 4100. The smallest absolute Gasteiger partial charge is 0.164 e. The minimum atomic E-state index is 0.611. The Hall–Kier alpha value is -9.19. The van der Waals surface area contributed by atoms with Gasteiger partial charge < -0.3 is 9.13 Å². The number of fused-ring (bicyclic) bond motifs is 10. The highest BCUT2D eigenvalue weighted by Crippen LogP contribution is 2.42. The van der Waals surface area contributed by atoms with Gasteiger partial charge in [-0.3, -0.25) is 0 Å². The van der Waals surface area contributed by atoms with Gasteiger partial charge >= 0.3 is 0 Å². The lowest BCUT2D eigenvalue weighted by Crippen LogP contribution is -2.03. The monoisotopic (exact) mass is 893 g/mol. The molecule has 3 heterocycles. The van der Waals surface area contributed by atoms with Crippen molar-refractivity contribution in [1.29, 1.82) is 0 Å². The molecule has 70 heavy (non-hydrogen) atoms. The molecular weight excluding hydrogens is 851 g/mol. The van der Waals surface area contributed by atoms with E-state index in [1.165, 1.54) is 76.8 Å². The van der Waals surface area contributed by atoms with Gasteiger partial charge in [0.1, 0.15) is 0 Å². The molecular formula is C65H43N5. The molecule has 14 rings (SSSR count). The molecule has 13 aromatic rings. The summed E-state index contributed by atoms with van der Waals surface area (Å²) in [7, 11) is 0. The van der Waals surface area contributed by atoms with Crippen molar-refractivity contribution in [3.8, 4) is 67.8 Å². The normalized spacial score (nSPS) is 12.4. The van der Waals surface area contributed by atoms with Crippen LogP contribution in [-0.2, 0) is 6.42 Å². The van der Waals surface area contributed by atoms with Gasteiger partial charge in [-0.1, -0.05) is 206 Å². The van der Waals surface area contributed by atoms with Crippen molar-refractivity contribution in [1.82, 2.24) is 24.1 Å². The zero-order valence-electron chi connectivity index (χ0n) is 38.2. The molecule has 5 heteroatoms. The molecule has 0 radical (unpaired) electrons. The van der Waals surface area contributed by atoms with Crippen LogP contribution in [0.2, 0.25) is 0 Å². The maximum absolute atomic E-state index is 5.25. The summed E-state index contributed by atoms with van der Waals surface area (Å²) in [6, 6.07) is 80.4. The maximum atomic E-state index is 5.25. The van der Waals surface area contributed by atoms with Gasteiger partial charge in [0, 0.05) is 66.3 Å². The summed E-state index contributed by atoms with van der Waals surface area (Å²) < 4.78 is 4.98. The maximum Gasteiger partial charge on any atom is 0.164 e. The topological polar surface area (TPSA) is 48.5 Å². The molecule has 1 aliphatic carbocycles. The zero-order valence-corrected chi connectivity index (χ0v) is 38.2. The molecule has 0 N–H and O–H groups in total. The second-order valence-electron chi connectivity index (χ2n) is 18.3. The van der Waals surface area contributed by atoms with E-state index in [0.717, 1.165) is 51.9 Å². The van der Waals surface area contributed by atoms with E-state index >= 15 is 0 Å². The molecule has 0 fully saturated rings. The molecule has 0 atom stereocenters. The molecule has 3 aromatic heterocycles. The first kappa shape index (κ1) is 39.9. The van der Waals surface area contributed by atoms with Crippen LogP contribution >= 0.6 is 0 Å². The summed E-state index contributed by atoms with van der Waals surface area (Å²) in [5.74, 6) is 1.85. The van der Waals surface area contributed by atoms with Crippen LogP contribution < -0.4 is 0 Å².